The van der Waals surface area contributed by atoms with E-state index in [0.29, 0.717) is 31.1 Å². The molecule has 0 aromatic carbocycles. The maximum absolute atomic E-state index is 12.5. The van der Waals surface area contributed by atoms with Crippen LogP contribution in [0.2, 0.25) is 0 Å². The second-order valence-corrected chi connectivity index (χ2v) is 8.07. The summed E-state index contributed by atoms with van der Waals surface area (Å²) in [4.78, 5) is 14.1. The lowest BCUT2D eigenvalue weighted by atomic mass is 10.1. The molecule has 0 bridgehead atoms. The number of rotatable bonds is 3. The molecule has 1 unspecified atom stereocenters. The molecule has 1 aliphatic carbocycles. The van der Waals surface area contributed by atoms with Crippen molar-refractivity contribution >= 4 is 15.9 Å². The number of hydrogen-bond acceptors (Lipinski definition) is 4. The number of aromatic nitrogens is 2. The highest BCUT2D eigenvalue weighted by Crippen LogP contribution is 2.29. The van der Waals surface area contributed by atoms with E-state index in [-0.39, 0.29) is 12.5 Å². The van der Waals surface area contributed by atoms with Crippen molar-refractivity contribution in [1.82, 2.24) is 14.7 Å². The predicted molar refractivity (Wildman–Crippen MR) is 81.8 cm³/mol. The molecule has 122 valence electrons. The minimum absolute atomic E-state index is 0.161. The van der Waals surface area contributed by atoms with Gasteiger partial charge in [-0.1, -0.05) is 12.8 Å². The minimum atomic E-state index is -3.60. The Hall–Kier alpha value is -1.41. The number of likely N-dealkylation sites (tertiary alicyclic amines) is 1. The van der Waals surface area contributed by atoms with Crippen molar-refractivity contribution in [2.45, 2.75) is 49.8 Å². The van der Waals surface area contributed by atoms with Crippen molar-refractivity contribution in [2.24, 2.45) is 5.14 Å². The van der Waals surface area contributed by atoms with Crippen LogP contribution in [0.15, 0.2) is 12.3 Å². The van der Waals surface area contributed by atoms with Gasteiger partial charge in [0.05, 0.1) is 11.3 Å². The number of nitrogens with two attached hydrogens (primary N) is 1. The first kappa shape index (κ1) is 15.5. The highest BCUT2D eigenvalue weighted by Gasteiger charge is 2.31. The summed E-state index contributed by atoms with van der Waals surface area (Å²) in [6.07, 6.45) is 7.63. The van der Waals surface area contributed by atoms with Gasteiger partial charge in [-0.15, -0.1) is 0 Å². The molecule has 1 aliphatic heterocycles. The average molecular weight is 326 g/mol. The summed E-state index contributed by atoms with van der Waals surface area (Å²) in [6.45, 7) is 0.717. The molecule has 7 nitrogen and oxygen atoms in total. The number of piperidine rings is 1. The maximum atomic E-state index is 12.5. The van der Waals surface area contributed by atoms with Crippen molar-refractivity contribution in [1.29, 1.82) is 0 Å². The molecule has 2 aliphatic rings. The molecule has 2 fully saturated rings. The van der Waals surface area contributed by atoms with E-state index >= 15 is 0 Å². The fourth-order valence-electron chi connectivity index (χ4n) is 3.38. The van der Waals surface area contributed by atoms with E-state index in [4.69, 9.17) is 5.14 Å². The molecule has 1 aromatic rings. The van der Waals surface area contributed by atoms with Gasteiger partial charge in [-0.3, -0.25) is 9.48 Å². The number of carbonyl (C=O) groups is 1. The minimum Gasteiger partial charge on any atom is -0.336 e. The third-order valence-corrected chi connectivity index (χ3v) is 5.97. The number of amides is 1. The van der Waals surface area contributed by atoms with Gasteiger partial charge in [0.15, 0.2) is 0 Å². The Kier molecular flexibility index (Phi) is 4.22. The largest absolute Gasteiger partial charge is 0.336 e. The van der Waals surface area contributed by atoms with Crippen molar-refractivity contribution in [3.63, 3.8) is 0 Å². The van der Waals surface area contributed by atoms with Crippen LogP contribution in [0.5, 0.6) is 0 Å². The second-order valence-electron chi connectivity index (χ2n) is 6.22. The molecule has 0 radical (unpaired) electrons. The van der Waals surface area contributed by atoms with Crippen LogP contribution < -0.4 is 5.14 Å². The van der Waals surface area contributed by atoms with Crippen LogP contribution in [0.25, 0.3) is 0 Å². The first-order valence-electron chi connectivity index (χ1n) is 7.81. The Balaban J connectivity index is 1.70. The summed E-state index contributed by atoms with van der Waals surface area (Å²) in [6, 6.07) is 2.11. The van der Waals surface area contributed by atoms with E-state index in [1.165, 1.54) is 12.8 Å². The third kappa shape index (κ3) is 3.17. The average Bonchev–Trinajstić information content (AvgIpc) is 3.16. The molecular weight excluding hydrogens is 304 g/mol. The number of sulfonamides is 1. The summed E-state index contributed by atoms with van der Waals surface area (Å²) < 4.78 is 24.9. The number of primary sulfonamides is 1. The van der Waals surface area contributed by atoms with E-state index < -0.39 is 15.3 Å². The van der Waals surface area contributed by atoms with Crippen LogP contribution >= 0.6 is 0 Å². The highest BCUT2D eigenvalue weighted by atomic mass is 32.2. The molecule has 1 amide bonds. The lowest BCUT2D eigenvalue weighted by Crippen LogP contribution is -2.47. The highest BCUT2D eigenvalue weighted by molar-refractivity contribution is 7.89. The zero-order chi connectivity index (χ0) is 15.7. The van der Waals surface area contributed by atoms with Gasteiger partial charge in [0, 0.05) is 19.3 Å². The summed E-state index contributed by atoms with van der Waals surface area (Å²) in [5.74, 6) is -0.204. The fourth-order valence-corrected chi connectivity index (χ4v) is 4.26. The molecule has 1 aromatic heterocycles. The second kappa shape index (κ2) is 6.00. The zero-order valence-corrected chi connectivity index (χ0v) is 13.3. The topological polar surface area (TPSA) is 98.3 Å². The SMILES string of the molecule is NS(=O)(=O)C1CCCN(C(=O)c2ccn(C3CCCC3)n2)C1. The Morgan fingerprint density at radius 1 is 1.23 bits per heavy atom. The summed E-state index contributed by atoms with van der Waals surface area (Å²) in [5, 5.41) is 8.95. The van der Waals surface area contributed by atoms with Gasteiger partial charge in [-0.25, -0.2) is 13.6 Å². The number of hydrogen-bond donors (Lipinski definition) is 1. The first-order chi connectivity index (χ1) is 10.4. The van der Waals surface area contributed by atoms with Gasteiger partial charge in [0.25, 0.3) is 5.91 Å². The van der Waals surface area contributed by atoms with Crippen molar-refractivity contribution in [3.8, 4) is 0 Å². The predicted octanol–water partition coefficient (Wildman–Crippen LogP) is 0.891. The first-order valence-corrected chi connectivity index (χ1v) is 9.42. The Labute approximate surface area is 130 Å². The zero-order valence-electron chi connectivity index (χ0n) is 12.5. The van der Waals surface area contributed by atoms with Crippen LogP contribution in [-0.4, -0.2) is 47.3 Å². The van der Waals surface area contributed by atoms with E-state index in [0.717, 1.165) is 12.8 Å². The van der Waals surface area contributed by atoms with Crippen molar-refractivity contribution in [2.75, 3.05) is 13.1 Å². The molecule has 3 rings (SSSR count). The van der Waals surface area contributed by atoms with Gasteiger partial charge < -0.3 is 4.90 Å². The standard InChI is InChI=1S/C14H22N4O3S/c15-22(20,21)12-6-3-8-17(10-12)14(19)13-7-9-18(16-13)11-4-1-2-5-11/h7,9,11-12H,1-6,8,10H2,(H2,15,20,21). The van der Waals surface area contributed by atoms with E-state index in [2.05, 4.69) is 5.10 Å². The molecular formula is C14H22N4O3S. The summed E-state index contributed by atoms with van der Waals surface area (Å²) in [5.41, 5.74) is 0.391. The van der Waals surface area contributed by atoms with E-state index in [9.17, 15) is 13.2 Å². The van der Waals surface area contributed by atoms with E-state index in [1.54, 1.807) is 11.0 Å². The van der Waals surface area contributed by atoms with Crippen LogP contribution in [0.4, 0.5) is 0 Å². The Bertz CT molecular complexity index is 649. The molecule has 1 saturated heterocycles. The third-order valence-electron chi connectivity index (χ3n) is 4.66. The molecule has 2 N–H and O–H groups in total. The van der Waals surface area contributed by atoms with Gasteiger partial charge in [0.2, 0.25) is 10.0 Å². The number of nitrogens with zero attached hydrogens (tertiary/aromatic N) is 3. The molecule has 8 heteroatoms. The van der Waals surface area contributed by atoms with Gasteiger partial charge in [0.1, 0.15) is 5.69 Å². The molecule has 1 atom stereocenters. The monoisotopic (exact) mass is 326 g/mol. The smallest absolute Gasteiger partial charge is 0.274 e. The Morgan fingerprint density at radius 2 is 1.95 bits per heavy atom. The van der Waals surface area contributed by atoms with Crippen LogP contribution in [-0.2, 0) is 10.0 Å². The summed E-state index contributed by atoms with van der Waals surface area (Å²) in [7, 11) is -3.60. The number of carbonyl (C=O) groups excluding carboxylic acids is 1. The van der Waals surface area contributed by atoms with Gasteiger partial charge in [-0.05, 0) is 31.7 Å². The summed E-state index contributed by atoms with van der Waals surface area (Å²) >= 11 is 0. The van der Waals surface area contributed by atoms with E-state index in [1.807, 2.05) is 10.9 Å². The molecule has 0 spiro atoms. The quantitative estimate of drug-likeness (QED) is 0.892. The lowest BCUT2D eigenvalue weighted by molar-refractivity contribution is 0.0719. The molecule has 2 heterocycles. The maximum Gasteiger partial charge on any atom is 0.274 e. The lowest BCUT2D eigenvalue weighted by Gasteiger charge is -2.31. The van der Waals surface area contributed by atoms with Crippen molar-refractivity contribution in [3.05, 3.63) is 18.0 Å². The molecule has 1 saturated carbocycles. The van der Waals surface area contributed by atoms with Crippen molar-refractivity contribution < 1.29 is 13.2 Å². The van der Waals surface area contributed by atoms with Crippen LogP contribution in [0.3, 0.4) is 0 Å². The normalized spacial score (nSPS) is 23.9. The van der Waals surface area contributed by atoms with Crippen LogP contribution in [0, 0.1) is 0 Å². The fraction of sp³-hybridized carbons (Fsp3) is 0.714. The van der Waals surface area contributed by atoms with Gasteiger partial charge in [-0.2, -0.15) is 5.10 Å². The molecule has 22 heavy (non-hydrogen) atoms. The Morgan fingerprint density at radius 3 is 2.64 bits per heavy atom. The van der Waals surface area contributed by atoms with Crippen LogP contribution in [0.1, 0.15) is 55.1 Å². The van der Waals surface area contributed by atoms with Gasteiger partial charge >= 0.3 is 0 Å².